The number of carbonyl (C=O) groups excluding carboxylic acids is 2. The molecule has 2 heterocycles. The fraction of sp³-hybridized carbons (Fsp3) is 0.125. The van der Waals surface area contributed by atoms with Crippen LogP contribution in [0.15, 0.2) is 77.7 Å². The summed E-state index contributed by atoms with van der Waals surface area (Å²) < 4.78 is 21.1. The zero-order valence-electron chi connectivity index (χ0n) is 17.8. The number of aryl methyl sites for hydroxylation is 1. The van der Waals surface area contributed by atoms with Crippen molar-refractivity contribution in [3.8, 4) is 0 Å². The molecule has 9 heteroatoms. The maximum atomic E-state index is 14.2. The molecule has 3 N–H and O–H groups in total. The van der Waals surface area contributed by atoms with Crippen LogP contribution < -0.4 is 16.0 Å². The highest BCUT2D eigenvalue weighted by atomic mass is 19.1. The lowest BCUT2D eigenvalue weighted by Crippen LogP contribution is -2.28. The van der Waals surface area contributed by atoms with Gasteiger partial charge in [0.1, 0.15) is 11.6 Å². The van der Waals surface area contributed by atoms with Gasteiger partial charge in [-0.05, 0) is 48.4 Å². The highest BCUT2D eigenvalue weighted by Gasteiger charge is 2.14. The van der Waals surface area contributed by atoms with Gasteiger partial charge in [0.15, 0.2) is 0 Å². The van der Waals surface area contributed by atoms with Gasteiger partial charge in [0.25, 0.3) is 5.91 Å². The van der Waals surface area contributed by atoms with Crippen LogP contribution in [0.5, 0.6) is 0 Å². The molecule has 0 saturated heterocycles. The van der Waals surface area contributed by atoms with Crippen molar-refractivity contribution in [2.45, 2.75) is 20.0 Å². The normalized spacial score (nSPS) is 10.6. The van der Waals surface area contributed by atoms with Gasteiger partial charge in [-0.15, -0.1) is 0 Å². The average molecular weight is 447 g/mol. The van der Waals surface area contributed by atoms with E-state index in [1.54, 1.807) is 13.1 Å². The van der Waals surface area contributed by atoms with Gasteiger partial charge in [0.05, 0.1) is 24.1 Å². The zero-order chi connectivity index (χ0) is 23.2. The second kappa shape index (κ2) is 9.82. The van der Waals surface area contributed by atoms with Crippen molar-refractivity contribution in [3.63, 3.8) is 0 Å². The molecule has 0 aliphatic carbocycles. The Morgan fingerprint density at radius 2 is 1.85 bits per heavy atom. The number of hydrogen-bond acceptors (Lipinski definition) is 4. The van der Waals surface area contributed by atoms with Crippen LogP contribution in [-0.2, 0) is 13.1 Å². The highest BCUT2D eigenvalue weighted by molar-refractivity contribution is 6.05. The van der Waals surface area contributed by atoms with E-state index in [1.165, 1.54) is 30.5 Å². The van der Waals surface area contributed by atoms with E-state index >= 15 is 0 Å². The van der Waals surface area contributed by atoms with Crippen LogP contribution in [0.2, 0.25) is 0 Å². The minimum atomic E-state index is -0.620. The van der Waals surface area contributed by atoms with Crippen LogP contribution in [-0.4, -0.2) is 21.7 Å². The molecule has 0 fully saturated rings. The Balaban J connectivity index is 1.31. The lowest BCUT2D eigenvalue weighted by molar-refractivity contribution is 0.102. The molecule has 0 radical (unpaired) electrons. The monoisotopic (exact) mass is 447 g/mol. The van der Waals surface area contributed by atoms with Crippen molar-refractivity contribution < 1.29 is 18.4 Å². The molecule has 4 rings (SSSR count). The van der Waals surface area contributed by atoms with Gasteiger partial charge >= 0.3 is 6.03 Å². The van der Waals surface area contributed by atoms with Crippen molar-refractivity contribution in [2.24, 2.45) is 0 Å². The van der Waals surface area contributed by atoms with Crippen molar-refractivity contribution in [2.75, 3.05) is 10.6 Å². The van der Waals surface area contributed by atoms with Crippen molar-refractivity contribution in [1.82, 2.24) is 15.1 Å². The Labute approximate surface area is 189 Å². The number of halogens is 1. The largest absolute Gasteiger partial charge is 0.469 e. The quantitative estimate of drug-likeness (QED) is 0.387. The minimum Gasteiger partial charge on any atom is -0.469 e. The van der Waals surface area contributed by atoms with Gasteiger partial charge in [0, 0.05) is 24.6 Å². The van der Waals surface area contributed by atoms with Crippen LogP contribution in [0.1, 0.15) is 27.2 Å². The topological polar surface area (TPSA) is 101 Å². The molecule has 0 bridgehead atoms. The molecule has 3 amide bonds. The summed E-state index contributed by atoms with van der Waals surface area (Å²) >= 11 is 0. The summed E-state index contributed by atoms with van der Waals surface area (Å²) in [5.41, 5.74) is 2.62. The second-order valence-corrected chi connectivity index (χ2v) is 7.37. The van der Waals surface area contributed by atoms with Gasteiger partial charge in [-0.1, -0.05) is 24.3 Å². The molecule has 4 aromatic rings. The predicted molar refractivity (Wildman–Crippen MR) is 121 cm³/mol. The minimum absolute atomic E-state index is 0.0498. The summed E-state index contributed by atoms with van der Waals surface area (Å²) in [6, 6.07) is 14.7. The number of anilines is 2. The number of furan rings is 1. The Morgan fingerprint density at radius 3 is 2.55 bits per heavy atom. The molecule has 0 unspecified atom stereocenters. The molecule has 0 aliphatic rings. The lowest BCUT2D eigenvalue weighted by atomic mass is 10.1. The summed E-state index contributed by atoms with van der Waals surface area (Å²) in [4.78, 5) is 24.6. The molecule has 168 valence electrons. The number of hydrogen-bond donors (Lipinski definition) is 3. The number of amides is 3. The van der Waals surface area contributed by atoms with E-state index < -0.39 is 17.8 Å². The first-order valence-electron chi connectivity index (χ1n) is 10.2. The molecule has 0 spiro atoms. The number of rotatable bonds is 7. The summed E-state index contributed by atoms with van der Waals surface area (Å²) in [6.07, 6.45) is 5.01. The molecule has 33 heavy (non-hydrogen) atoms. The first kappa shape index (κ1) is 21.8. The number of nitrogens with zero attached hydrogens (tertiary/aromatic N) is 2. The Morgan fingerprint density at radius 1 is 1.06 bits per heavy atom. The molecule has 0 saturated carbocycles. The van der Waals surface area contributed by atoms with E-state index in [0.717, 1.165) is 11.1 Å². The number of carbonyl (C=O) groups is 2. The lowest BCUT2D eigenvalue weighted by Gasteiger charge is -2.11. The van der Waals surface area contributed by atoms with Crippen LogP contribution in [0.25, 0.3) is 0 Å². The summed E-state index contributed by atoms with van der Waals surface area (Å²) in [5.74, 6) is -0.695. The first-order chi connectivity index (χ1) is 16.0. The Bertz CT molecular complexity index is 1250. The molecule has 2 aromatic carbocycles. The molecule has 8 nitrogen and oxygen atoms in total. The number of urea groups is 1. The number of aromatic nitrogens is 2. The SMILES string of the molecule is Cc1occc1C(=O)Nc1cc(NC(=O)NCc2ccc(Cn3cccn3)cc2)ccc1F. The zero-order valence-corrected chi connectivity index (χ0v) is 17.8. The standard InChI is InChI=1S/C24H22FN5O3/c1-16-20(9-12-33-16)23(31)29-22-13-19(7-8-21(22)25)28-24(32)26-14-17-3-5-18(6-4-17)15-30-11-2-10-27-30/h2-13H,14-15H2,1H3,(H,29,31)(H2,26,28,32). The van der Waals surface area contributed by atoms with E-state index in [4.69, 9.17) is 4.42 Å². The van der Waals surface area contributed by atoms with E-state index in [9.17, 15) is 14.0 Å². The van der Waals surface area contributed by atoms with Crippen LogP contribution in [0.3, 0.4) is 0 Å². The van der Waals surface area contributed by atoms with Crippen LogP contribution >= 0.6 is 0 Å². The third kappa shape index (κ3) is 5.65. The van der Waals surface area contributed by atoms with Crippen molar-refractivity contribution in [3.05, 3.63) is 102 Å². The van der Waals surface area contributed by atoms with E-state index in [1.807, 2.05) is 41.2 Å². The van der Waals surface area contributed by atoms with Crippen LogP contribution in [0.4, 0.5) is 20.6 Å². The summed E-state index contributed by atoms with van der Waals surface area (Å²) in [6.45, 7) is 2.63. The Kier molecular flexibility index (Phi) is 6.49. The smallest absolute Gasteiger partial charge is 0.319 e. The van der Waals surface area contributed by atoms with Gasteiger partial charge in [0.2, 0.25) is 0 Å². The van der Waals surface area contributed by atoms with E-state index in [0.29, 0.717) is 30.1 Å². The molecular formula is C24H22FN5O3. The molecule has 2 aromatic heterocycles. The maximum Gasteiger partial charge on any atom is 0.319 e. The van der Waals surface area contributed by atoms with Crippen molar-refractivity contribution in [1.29, 1.82) is 0 Å². The Hall–Kier alpha value is -4.40. The molecule has 0 atom stereocenters. The predicted octanol–water partition coefficient (Wildman–Crippen LogP) is 4.55. The van der Waals surface area contributed by atoms with Crippen LogP contribution in [0, 0.1) is 12.7 Å². The highest BCUT2D eigenvalue weighted by Crippen LogP contribution is 2.21. The second-order valence-electron chi connectivity index (χ2n) is 7.37. The maximum absolute atomic E-state index is 14.2. The van der Waals surface area contributed by atoms with Gasteiger partial charge < -0.3 is 20.4 Å². The van der Waals surface area contributed by atoms with E-state index in [2.05, 4.69) is 21.0 Å². The van der Waals surface area contributed by atoms with Gasteiger partial charge in [-0.2, -0.15) is 5.10 Å². The van der Waals surface area contributed by atoms with E-state index in [-0.39, 0.29) is 5.69 Å². The van der Waals surface area contributed by atoms with Gasteiger partial charge in [-0.25, -0.2) is 9.18 Å². The number of benzene rings is 2. The number of nitrogens with one attached hydrogen (secondary N) is 3. The third-order valence-corrected chi connectivity index (χ3v) is 4.96. The fourth-order valence-corrected chi connectivity index (χ4v) is 3.21. The fourth-order valence-electron chi connectivity index (χ4n) is 3.21. The molecule has 0 aliphatic heterocycles. The third-order valence-electron chi connectivity index (χ3n) is 4.96. The first-order valence-corrected chi connectivity index (χ1v) is 10.2. The van der Waals surface area contributed by atoms with Crippen molar-refractivity contribution >= 4 is 23.3 Å². The molecular weight excluding hydrogens is 425 g/mol. The summed E-state index contributed by atoms with van der Waals surface area (Å²) in [7, 11) is 0. The van der Waals surface area contributed by atoms with Gasteiger partial charge in [-0.3, -0.25) is 9.48 Å². The summed E-state index contributed by atoms with van der Waals surface area (Å²) in [5, 5.41) is 12.1. The average Bonchev–Trinajstić information content (AvgIpc) is 3.47.